The average molecular weight is 688 g/mol. The number of unbranched alkanes of at least 4 members (excludes halogenated alkanes) is 5. The van der Waals surface area contributed by atoms with Crippen molar-refractivity contribution in [2.45, 2.75) is 111 Å². The molecule has 1 unspecified atom stereocenters. The smallest absolute Gasteiger partial charge is 0.342 e. The molecule has 0 saturated carbocycles. The number of carbonyl (C=O) groups is 1. The molecule has 1 atom stereocenters. The van der Waals surface area contributed by atoms with Gasteiger partial charge in [-0.2, -0.15) is 0 Å². The van der Waals surface area contributed by atoms with Crippen molar-refractivity contribution < 1.29 is 29.2 Å². The summed E-state index contributed by atoms with van der Waals surface area (Å²) in [4.78, 5) is 11.9. The van der Waals surface area contributed by atoms with Crippen LogP contribution in [0.15, 0.2) is 72.9 Å². The average Bonchev–Trinajstić information content (AvgIpc) is 3.15. The Morgan fingerprint density at radius 2 is 1.48 bits per heavy atom. The minimum absolute atomic E-state index is 0.0223. The van der Waals surface area contributed by atoms with Crippen molar-refractivity contribution in [1.82, 2.24) is 15.4 Å². The fourth-order valence-electron chi connectivity index (χ4n) is 5.27. The molecule has 2 N–H and O–H groups in total. The molecule has 0 bridgehead atoms. The highest BCUT2D eigenvalue weighted by Crippen LogP contribution is 2.34. The van der Waals surface area contributed by atoms with Gasteiger partial charge in [-0.3, -0.25) is 0 Å². The van der Waals surface area contributed by atoms with Crippen LogP contribution in [-0.4, -0.2) is 51.4 Å². The van der Waals surface area contributed by atoms with Crippen molar-refractivity contribution in [1.29, 1.82) is 0 Å². The number of nitrogens with zero attached hydrogens (tertiary/aromatic N) is 3. The van der Waals surface area contributed by atoms with Gasteiger partial charge in [-0.1, -0.05) is 115 Å². The van der Waals surface area contributed by atoms with Crippen LogP contribution in [0.4, 0.5) is 0 Å². The van der Waals surface area contributed by atoms with E-state index in [0.717, 1.165) is 62.5 Å². The second-order valence-corrected chi connectivity index (χ2v) is 11.8. The maximum Gasteiger partial charge on any atom is 0.342 e. The van der Waals surface area contributed by atoms with E-state index >= 15 is 0 Å². The third-order valence-corrected chi connectivity index (χ3v) is 8.17. The third-order valence-electron chi connectivity index (χ3n) is 8.17. The number of phenolic OH excluding ortho intramolecular Hbond substituents is 2. The van der Waals surface area contributed by atoms with Gasteiger partial charge >= 0.3 is 5.97 Å². The summed E-state index contributed by atoms with van der Waals surface area (Å²) in [7, 11) is 1.59. The molecule has 4 rings (SSSR count). The number of aryl methyl sites for hydroxylation is 1. The molecular weight excluding hydrogens is 630 g/mol. The van der Waals surface area contributed by atoms with Crippen LogP contribution in [0.2, 0.25) is 0 Å². The lowest BCUT2D eigenvalue weighted by Crippen LogP contribution is -2.17. The maximum absolute atomic E-state index is 11.9. The Morgan fingerprint density at radius 1 is 0.780 bits per heavy atom. The number of aromatic nitrogens is 3. The molecule has 1 aromatic heterocycles. The van der Waals surface area contributed by atoms with Crippen molar-refractivity contribution >= 4 is 5.97 Å². The number of para-hydroxylation sites is 1. The fourth-order valence-corrected chi connectivity index (χ4v) is 5.27. The standard InChI is InChI=1S/C16H26O2.C15H22O3.C10H9N3O/c1-4-7-8-9-12-18-16-14(6-3)13(5-2)10-11-15(16)17;1-3-5-6-9-12(4-2)18-15(17)13-10-7-8-11-14(13)16;1-14-9-7-11-13-12-10(9)8-5-3-2-4-6-8/h10-11,17H,4-9,12H2,1-3H3;7-8,10-12,16H,3-6,9H2,1-2H3;2-7H,1H3. The number of methoxy groups -OCH3 is 1. The Bertz CT molecular complexity index is 1520. The van der Waals surface area contributed by atoms with E-state index in [2.05, 4.69) is 43.1 Å². The van der Waals surface area contributed by atoms with Crippen LogP contribution in [-0.2, 0) is 17.6 Å². The molecule has 4 aromatic rings. The molecule has 0 aliphatic heterocycles. The summed E-state index contributed by atoms with van der Waals surface area (Å²) >= 11 is 0. The molecule has 9 nitrogen and oxygen atoms in total. The zero-order valence-electron chi connectivity index (χ0n) is 30.9. The molecule has 9 heteroatoms. The van der Waals surface area contributed by atoms with Crippen LogP contribution in [0.5, 0.6) is 23.0 Å². The topological polar surface area (TPSA) is 124 Å². The van der Waals surface area contributed by atoms with Crippen molar-refractivity contribution in [3.05, 3.63) is 89.6 Å². The zero-order valence-corrected chi connectivity index (χ0v) is 30.9. The van der Waals surface area contributed by atoms with E-state index in [1.807, 2.05) is 43.3 Å². The highest BCUT2D eigenvalue weighted by atomic mass is 16.5. The van der Waals surface area contributed by atoms with Crippen molar-refractivity contribution in [2.75, 3.05) is 13.7 Å². The van der Waals surface area contributed by atoms with Crippen molar-refractivity contribution in [3.8, 4) is 34.3 Å². The minimum Gasteiger partial charge on any atom is -0.507 e. The predicted octanol–water partition coefficient (Wildman–Crippen LogP) is 9.93. The molecule has 0 spiro atoms. The molecule has 0 saturated heterocycles. The first-order valence-electron chi connectivity index (χ1n) is 18.1. The Balaban J connectivity index is 0.000000262. The van der Waals surface area contributed by atoms with E-state index in [0.29, 0.717) is 23.8 Å². The van der Waals surface area contributed by atoms with E-state index < -0.39 is 5.97 Å². The number of hydrogen-bond donors (Lipinski definition) is 2. The Kier molecular flexibility index (Phi) is 20.3. The van der Waals surface area contributed by atoms with Gasteiger partial charge in [0.2, 0.25) is 0 Å². The minimum atomic E-state index is -0.434. The summed E-state index contributed by atoms with van der Waals surface area (Å²) in [5.74, 6) is 1.15. The van der Waals surface area contributed by atoms with Crippen LogP contribution in [0.1, 0.15) is 114 Å². The van der Waals surface area contributed by atoms with Crippen LogP contribution in [0.3, 0.4) is 0 Å². The number of ether oxygens (including phenoxy) is 3. The number of esters is 1. The van der Waals surface area contributed by atoms with Crippen LogP contribution < -0.4 is 9.47 Å². The molecule has 0 amide bonds. The van der Waals surface area contributed by atoms with Crippen LogP contribution in [0, 0.1) is 0 Å². The Hall–Kier alpha value is -4.66. The summed E-state index contributed by atoms with van der Waals surface area (Å²) in [6.07, 6.45) is 13.2. The second-order valence-electron chi connectivity index (χ2n) is 11.8. The highest BCUT2D eigenvalue weighted by molar-refractivity contribution is 5.92. The number of benzene rings is 3. The normalized spacial score (nSPS) is 10.9. The van der Waals surface area contributed by atoms with E-state index in [-0.39, 0.29) is 23.2 Å². The van der Waals surface area contributed by atoms with E-state index in [1.54, 1.807) is 37.6 Å². The monoisotopic (exact) mass is 687 g/mol. The zero-order chi connectivity index (χ0) is 36.6. The number of carbonyl (C=O) groups excluding carboxylic acids is 1. The lowest BCUT2D eigenvalue weighted by Gasteiger charge is -2.16. The second kappa shape index (κ2) is 24.5. The first kappa shape index (κ1) is 41.5. The van der Waals surface area contributed by atoms with E-state index in [1.165, 1.54) is 30.9 Å². The van der Waals surface area contributed by atoms with Crippen LogP contribution in [0.25, 0.3) is 11.3 Å². The molecule has 50 heavy (non-hydrogen) atoms. The molecule has 0 radical (unpaired) electrons. The lowest BCUT2D eigenvalue weighted by atomic mass is 10.0. The number of phenols is 2. The SMILES string of the molecule is CCCCCC(CC)OC(=O)c1ccccc1O.CCCCCCOc1c(O)ccc(CC)c1CC.COc1cnnnc1-c1ccccc1. The van der Waals surface area contributed by atoms with E-state index in [4.69, 9.17) is 14.2 Å². The maximum atomic E-state index is 11.9. The molecule has 0 fully saturated rings. The molecule has 272 valence electrons. The summed E-state index contributed by atoms with van der Waals surface area (Å²) in [5.41, 5.74) is 4.36. The van der Waals surface area contributed by atoms with Gasteiger partial charge in [0.15, 0.2) is 17.2 Å². The molecule has 0 aliphatic rings. The lowest BCUT2D eigenvalue weighted by molar-refractivity contribution is 0.0264. The molecule has 3 aromatic carbocycles. The Labute approximate surface area is 299 Å². The Morgan fingerprint density at radius 3 is 2.12 bits per heavy atom. The first-order chi connectivity index (χ1) is 24.3. The van der Waals surface area contributed by atoms with Gasteiger partial charge in [0.1, 0.15) is 23.1 Å². The summed E-state index contributed by atoms with van der Waals surface area (Å²) in [6.45, 7) is 11.3. The number of rotatable bonds is 17. The van der Waals surface area contributed by atoms with Gasteiger partial charge in [-0.25, -0.2) is 4.79 Å². The summed E-state index contributed by atoms with van der Waals surface area (Å²) in [5, 5.41) is 30.7. The quantitative estimate of drug-likeness (QED) is 0.0824. The highest BCUT2D eigenvalue weighted by Gasteiger charge is 2.17. The molecule has 1 heterocycles. The van der Waals surface area contributed by atoms with Crippen molar-refractivity contribution in [3.63, 3.8) is 0 Å². The van der Waals surface area contributed by atoms with Crippen LogP contribution >= 0.6 is 0 Å². The van der Waals surface area contributed by atoms with Gasteiger partial charge in [0.05, 0.1) is 19.9 Å². The summed E-state index contributed by atoms with van der Waals surface area (Å²) < 4.78 is 16.3. The third kappa shape index (κ3) is 14.1. The molecular formula is C41H57N3O6. The number of hydrogen-bond acceptors (Lipinski definition) is 9. The van der Waals surface area contributed by atoms with E-state index in [9.17, 15) is 15.0 Å². The van der Waals surface area contributed by atoms with Gasteiger partial charge in [-0.15, -0.1) is 10.2 Å². The van der Waals surface area contributed by atoms with Gasteiger partial charge in [0.25, 0.3) is 0 Å². The first-order valence-corrected chi connectivity index (χ1v) is 18.1. The largest absolute Gasteiger partial charge is 0.507 e. The van der Waals surface area contributed by atoms with Crippen molar-refractivity contribution in [2.24, 2.45) is 0 Å². The number of aromatic hydroxyl groups is 2. The van der Waals surface area contributed by atoms with Gasteiger partial charge in [0, 0.05) is 11.1 Å². The summed E-state index contributed by atoms with van der Waals surface area (Å²) in [6, 6.07) is 20.0. The molecule has 0 aliphatic carbocycles. The predicted molar refractivity (Wildman–Crippen MR) is 200 cm³/mol. The fraction of sp³-hybridized carbons (Fsp3) is 0.463. The van der Waals surface area contributed by atoms with Gasteiger partial charge in [-0.05, 0) is 67.5 Å². The van der Waals surface area contributed by atoms with Gasteiger partial charge < -0.3 is 24.4 Å².